The van der Waals surface area contributed by atoms with Gasteiger partial charge < -0.3 is 9.84 Å². The zero-order valence-electron chi connectivity index (χ0n) is 10.3. The van der Waals surface area contributed by atoms with Gasteiger partial charge in [-0.3, -0.25) is 4.90 Å². The number of halogens is 2. The summed E-state index contributed by atoms with van der Waals surface area (Å²) in [4.78, 5) is 12.6. The molecule has 2 unspecified atom stereocenters. The molecular formula is C13H15ClFNO3. The summed E-state index contributed by atoms with van der Waals surface area (Å²) in [6, 6.07) is 8.99. The largest absolute Gasteiger partial charge is 0.430 e. The zero-order valence-corrected chi connectivity index (χ0v) is 11.0. The molecule has 1 aromatic rings. The molecule has 1 aliphatic heterocycles. The summed E-state index contributed by atoms with van der Waals surface area (Å²) in [7, 11) is 0. The average molecular weight is 288 g/mol. The molecule has 6 heteroatoms. The molecule has 1 aromatic carbocycles. The first-order valence-corrected chi connectivity index (χ1v) is 6.37. The number of carbonyl (C=O) groups is 1. The Morgan fingerprint density at radius 3 is 2.74 bits per heavy atom. The smallest absolute Gasteiger partial charge is 0.405 e. The normalized spacial score (nSPS) is 25.2. The second-order valence-corrected chi connectivity index (χ2v) is 4.96. The maximum atomic E-state index is 14.0. The van der Waals surface area contributed by atoms with Crippen LogP contribution in [0.5, 0.6) is 0 Å². The average Bonchev–Trinajstić information content (AvgIpc) is 2.80. The van der Waals surface area contributed by atoms with E-state index in [1.165, 1.54) is 0 Å². The third-order valence-corrected chi connectivity index (χ3v) is 3.33. The van der Waals surface area contributed by atoms with E-state index in [-0.39, 0.29) is 13.0 Å². The van der Waals surface area contributed by atoms with Gasteiger partial charge in [-0.05, 0) is 6.42 Å². The predicted octanol–water partition coefficient (Wildman–Crippen LogP) is 2.47. The summed E-state index contributed by atoms with van der Waals surface area (Å²) in [5.74, 6) is 0. The van der Waals surface area contributed by atoms with Crippen molar-refractivity contribution < 1.29 is 19.0 Å². The van der Waals surface area contributed by atoms with E-state index in [2.05, 4.69) is 0 Å². The van der Waals surface area contributed by atoms with E-state index in [0.29, 0.717) is 6.54 Å². The standard InChI is InChI=1S/C13H15ClFNO3/c14-12(18)19-11(10-4-2-1-3-5-10)16-7-6-13(15,8-16)9-17/h1-5,11,17H,6-9H2. The Morgan fingerprint density at radius 1 is 1.53 bits per heavy atom. The van der Waals surface area contributed by atoms with Gasteiger partial charge in [-0.2, -0.15) is 0 Å². The number of carbonyl (C=O) groups excluding carboxylic acids is 1. The number of rotatable bonds is 4. The number of benzene rings is 1. The van der Waals surface area contributed by atoms with Crippen LogP contribution in [0.4, 0.5) is 9.18 Å². The Bertz CT molecular complexity index is 445. The quantitative estimate of drug-likeness (QED) is 0.864. The highest BCUT2D eigenvalue weighted by Crippen LogP contribution is 2.33. The lowest BCUT2D eigenvalue weighted by atomic mass is 10.1. The summed E-state index contributed by atoms with van der Waals surface area (Å²) in [5, 5.41) is 9.04. The van der Waals surface area contributed by atoms with Gasteiger partial charge >= 0.3 is 5.43 Å². The second kappa shape index (κ2) is 5.86. The monoisotopic (exact) mass is 287 g/mol. The van der Waals surface area contributed by atoms with E-state index in [9.17, 15) is 9.18 Å². The fourth-order valence-electron chi connectivity index (χ4n) is 2.25. The van der Waals surface area contributed by atoms with Crippen LogP contribution in [0.2, 0.25) is 0 Å². The highest BCUT2D eigenvalue weighted by atomic mass is 35.5. The molecule has 0 spiro atoms. The first kappa shape index (κ1) is 14.2. The molecule has 2 rings (SSSR count). The van der Waals surface area contributed by atoms with E-state index in [4.69, 9.17) is 21.4 Å². The van der Waals surface area contributed by atoms with E-state index in [0.717, 1.165) is 5.56 Å². The maximum Gasteiger partial charge on any atom is 0.405 e. The Morgan fingerprint density at radius 2 is 2.21 bits per heavy atom. The van der Waals surface area contributed by atoms with Crippen LogP contribution in [0.15, 0.2) is 30.3 Å². The number of aliphatic hydroxyl groups excluding tert-OH is 1. The van der Waals surface area contributed by atoms with Crippen LogP contribution >= 0.6 is 11.6 Å². The zero-order chi connectivity index (χ0) is 13.9. The molecule has 104 valence electrons. The molecule has 0 aliphatic carbocycles. The summed E-state index contributed by atoms with van der Waals surface area (Å²) in [5.41, 5.74) is -1.86. The van der Waals surface area contributed by atoms with Crippen molar-refractivity contribution in [1.29, 1.82) is 0 Å². The van der Waals surface area contributed by atoms with Crippen molar-refractivity contribution in [1.82, 2.24) is 4.90 Å². The SMILES string of the molecule is O=C(Cl)OC(c1ccccc1)N1CCC(F)(CO)C1. The highest BCUT2D eigenvalue weighted by Gasteiger charge is 2.41. The van der Waals surface area contributed by atoms with Crippen molar-refractivity contribution in [3.8, 4) is 0 Å². The van der Waals surface area contributed by atoms with Crippen LogP contribution in [0.3, 0.4) is 0 Å². The molecule has 4 nitrogen and oxygen atoms in total. The van der Waals surface area contributed by atoms with E-state index >= 15 is 0 Å². The number of aliphatic hydroxyl groups is 1. The Labute approximate surface area is 115 Å². The van der Waals surface area contributed by atoms with Gasteiger partial charge in [0.25, 0.3) is 0 Å². The molecule has 1 N–H and O–H groups in total. The number of alkyl halides is 1. The summed E-state index contributed by atoms with van der Waals surface area (Å²) in [6.07, 6.45) is -0.525. The highest BCUT2D eigenvalue weighted by molar-refractivity contribution is 6.61. The third-order valence-electron chi connectivity index (χ3n) is 3.24. The summed E-state index contributed by atoms with van der Waals surface area (Å²) in [6.45, 7) is -0.145. The number of ether oxygens (including phenoxy) is 1. The Balaban J connectivity index is 2.18. The lowest BCUT2D eigenvalue weighted by Gasteiger charge is -2.27. The van der Waals surface area contributed by atoms with Crippen molar-refractivity contribution >= 4 is 17.0 Å². The minimum atomic E-state index is -1.65. The summed E-state index contributed by atoms with van der Waals surface area (Å²) < 4.78 is 19.1. The van der Waals surface area contributed by atoms with Crippen LogP contribution < -0.4 is 0 Å². The van der Waals surface area contributed by atoms with Gasteiger partial charge in [0.1, 0.15) is 5.67 Å². The molecule has 19 heavy (non-hydrogen) atoms. The van der Waals surface area contributed by atoms with Gasteiger partial charge in [0.2, 0.25) is 0 Å². The molecule has 1 fully saturated rings. The molecular weight excluding hydrogens is 273 g/mol. The van der Waals surface area contributed by atoms with Gasteiger partial charge in [-0.25, -0.2) is 9.18 Å². The minimum Gasteiger partial charge on any atom is -0.430 e. The lowest BCUT2D eigenvalue weighted by molar-refractivity contribution is -0.00736. The fraction of sp³-hybridized carbons (Fsp3) is 0.462. The van der Waals surface area contributed by atoms with Crippen LogP contribution in [0.1, 0.15) is 18.2 Å². The van der Waals surface area contributed by atoms with Gasteiger partial charge in [0, 0.05) is 30.3 Å². The Kier molecular flexibility index (Phi) is 4.39. The van der Waals surface area contributed by atoms with Crippen molar-refractivity contribution in [2.45, 2.75) is 18.3 Å². The fourth-order valence-corrected chi connectivity index (χ4v) is 2.34. The van der Waals surface area contributed by atoms with Crippen molar-refractivity contribution in [2.75, 3.05) is 19.7 Å². The topological polar surface area (TPSA) is 49.8 Å². The van der Waals surface area contributed by atoms with Crippen LogP contribution in [-0.2, 0) is 4.74 Å². The first-order chi connectivity index (χ1) is 9.04. The molecule has 1 heterocycles. The Hall–Kier alpha value is -1.17. The molecule has 0 radical (unpaired) electrons. The molecule has 0 saturated carbocycles. The van der Waals surface area contributed by atoms with Gasteiger partial charge in [0.15, 0.2) is 6.23 Å². The first-order valence-electron chi connectivity index (χ1n) is 5.99. The van der Waals surface area contributed by atoms with E-state index < -0.39 is 23.9 Å². The molecule has 0 aromatic heterocycles. The van der Waals surface area contributed by atoms with Crippen LogP contribution in [-0.4, -0.2) is 40.8 Å². The van der Waals surface area contributed by atoms with E-state index in [1.54, 1.807) is 29.2 Å². The number of hydrogen-bond acceptors (Lipinski definition) is 4. The minimum absolute atomic E-state index is 0.00717. The molecule has 1 saturated heterocycles. The van der Waals surface area contributed by atoms with Crippen LogP contribution in [0.25, 0.3) is 0 Å². The molecule has 1 aliphatic rings. The van der Waals surface area contributed by atoms with Gasteiger partial charge in [0.05, 0.1) is 6.61 Å². The number of likely N-dealkylation sites (tertiary alicyclic amines) is 1. The van der Waals surface area contributed by atoms with Crippen molar-refractivity contribution in [3.63, 3.8) is 0 Å². The maximum absolute atomic E-state index is 14.0. The van der Waals surface area contributed by atoms with Crippen LogP contribution in [0, 0.1) is 0 Å². The lowest BCUT2D eigenvalue weighted by Crippen LogP contribution is -2.35. The molecule has 0 amide bonds. The van der Waals surface area contributed by atoms with E-state index in [1.807, 2.05) is 6.07 Å². The van der Waals surface area contributed by atoms with Gasteiger partial charge in [-0.15, -0.1) is 0 Å². The summed E-state index contributed by atoms with van der Waals surface area (Å²) >= 11 is 5.27. The molecule has 0 bridgehead atoms. The predicted molar refractivity (Wildman–Crippen MR) is 68.6 cm³/mol. The number of hydrogen-bond donors (Lipinski definition) is 1. The van der Waals surface area contributed by atoms with Gasteiger partial charge in [-0.1, -0.05) is 30.3 Å². The van der Waals surface area contributed by atoms with Crippen molar-refractivity contribution in [2.24, 2.45) is 0 Å². The van der Waals surface area contributed by atoms with Crippen molar-refractivity contribution in [3.05, 3.63) is 35.9 Å². The molecule has 2 atom stereocenters. The second-order valence-electron chi connectivity index (χ2n) is 4.65. The third kappa shape index (κ3) is 3.43. The number of nitrogens with zero attached hydrogens (tertiary/aromatic N) is 1.